The van der Waals surface area contributed by atoms with Crippen LogP contribution in [-0.4, -0.2) is 41.7 Å². The first-order valence-electron chi connectivity index (χ1n) is 10.6. The van der Waals surface area contributed by atoms with Crippen molar-refractivity contribution in [2.45, 2.75) is 58.7 Å². The zero-order chi connectivity index (χ0) is 21.1. The molecular formula is C22H28N6OS. The smallest absolute Gasteiger partial charge is 0.224 e. The second-order valence-corrected chi connectivity index (χ2v) is 8.18. The third-order valence-electron chi connectivity index (χ3n) is 5.83. The van der Waals surface area contributed by atoms with Crippen molar-refractivity contribution in [3.63, 3.8) is 0 Å². The number of aromatic nitrogens is 5. The fraction of sp³-hybridized carbons (Fsp3) is 0.455. The number of aryl methyl sites for hydroxylation is 2. The topological polar surface area (TPSA) is 71.7 Å². The molecule has 2 aromatic heterocycles. The van der Waals surface area contributed by atoms with Crippen molar-refractivity contribution in [3.05, 3.63) is 52.8 Å². The lowest BCUT2D eigenvalue weighted by atomic mass is 10.0. The summed E-state index contributed by atoms with van der Waals surface area (Å²) in [5.74, 6) is 1.90. The number of nitrogens with one attached hydrogen (secondary N) is 1. The third kappa shape index (κ3) is 4.09. The van der Waals surface area contributed by atoms with Gasteiger partial charge in [0, 0.05) is 44.0 Å². The van der Waals surface area contributed by atoms with Gasteiger partial charge < -0.3 is 9.47 Å². The number of carbonyl (C=O) groups excluding carboxylic acids is 1. The minimum absolute atomic E-state index is 0.0510. The first-order chi connectivity index (χ1) is 14.6. The van der Waals surface area contributed by atoms with Gasteiger partial charge in [0.15, 0.2) is 10.6 Å². The van der Waals surface area contributed by atoms with Crippen LogP contribution in [0.3, 0.4) is 0 Å². The van der Waals surface area contributed by atoms with Crippen molar-refractivity contribution >= 4 is 18.1 Å². The van der Waals surface area contributed by atoms with Crippen LogP contribution in [0.15, 0.2) is 36.7 Å². The van der Waals surface area contributed by atoms with Crippen LogP contribution in [0.4, 0.5) is 0 Å². The lowest BCUT2D eigenvalue weighted by molar-refractivity contribution is -0.135. The normalized spacial score (nSPS) is 16.7. The van der Waals surface area contributed by atoms with Crippen molar-refractivity contribution in [3.8, 4) is 11.4 Å². The predicted octanol–water partition coefficient (Wildman–Crippen LogP) is 4.28. The highest BCUT2D eigenvalue weighted by molar-refractivity contribution is 7.71. The van der Waals surface area contributed by atoms with Gasteiger partial charge in [0.1, 0.15) is 5.82 Å². The molecule has 1 aliphatic heterocycles. The van der Waals surface area contributed by atoms with Gasteiger partial charge in [0.05, 0.1) is 6.04 Å². The van der Waals surface area contributed by atoms with Crippen molar-refractivity contribution in [2.75, 3.05) is 6.54 Å². The molecule has 1 fully saturated rings. The van der Waals surface area contributed by atoms with Crippen LogP contribution in [0.25, 0.3) is 11.4 Å². The van der Waals surface area contributed by atoms with Crippen molar-refractivity contribution < 1.29 is 4.79 Å². The van der Waals surface area contributed by atoms with Gasteiger partial charge in [0.2, 0.25) is 5.91 Å². The summed E-state index contributed by atoms with van der Waals surface area (Å²) >= 11 is 5.43. The molecule has 0 unspecified atom stereocenters. The Hall–Kier alpha value is -2.74. The standard InChI is InChI=1S/C22H28N6OS/c1-3-26-15-12-23-21(26)18-6-4-5-13-27(18)19(29)11-14-28-20(24-25-22(28)30)17-9-7-16(2)8-10-17/h7-10,12,15,18H,3-6,11,13-14H2,1-2H3,(H,25,30)/t18-/m0/s1. The number of carbonyl (C=O) groups is 1. The molecule has 0 aliphatic carbocycles. The maximum Gasteiger partial charge on any atom is 0.224 e. The van der Waals surface area contributed by atoms with E-state index in [1.165, 1.54) is 5.56 Å². The number of piperidine rings is 1. The van der Waals surface area contributed by atoms with Crippen LogP contribution in [0.5, 0.6) is 0 Å². The van der Waals surface area contributed by atoms with E-state index in [0.29, 0.717) is 17.7 Å². The summed E-state index contributed by atoms with van der Waals surface area (Å²) < 4.78 is 4.59. The Morgan fingerprint density at radius 1 is 1.27 bits per heavy atom. The van der Waals surface area contributed by atoms with Crippen molar-refractivity contribution in [1.82, 2.24) is 29.2 Å². The summed E-state index contributed by atoms with van der Waals surface area (Å²) in [5.41, 5.74) is 2.18. The lowest BCUT2D eigenvalue weighted by Crippen LogP contribution is -2.40. The minimum atomic E-state index is 0.0510. The van der Waals surface area contributed by atoms with E-state index in [-0.39, 0.29) is 11.9 Å². The molecule has 1 N–H and O–H groups in total. The Kier molecular flexibility index (Phi) is 6.13. The zero-order valence-electron chi connectivity index (χ0n) is 17.5. The fourth-order valence-electron chi connectivity index (χ4n) is 4.18. The van der Waals surface area contributed by atoms with Gasteiger partial charge >= 0.3 is 0 Å². The van der Waals surface area contributed by atoms with E-state index in [1.807, 2.05) is 34.0 Å². The number of nitrogens with zero attached hydrogens (tertiary/aromatic N) is 5. The average molecular weight is 425 g/mol. The van der Waals surface area contributed by atoms with E-state index in [4.69, 9.17) is 12.2 Å². The predicted molar refractivity (Wildman–Crippen MR) is 118 cm³/mol. The van der Waals surface area contributed by atoms with Crippen LogP contribution in [0, 0.1) is 11.7 Å². The number of imidazole rings is 1. The molecule has 3 heterocycles. The molecule has 158 valence electrons. The number of hydrogen-bond donors (Lipinski definition) is 1. The quantitative estimate of drug-likeness (QED) is 0.600. The molecular weight excluding hydrogens is 396 g/mol. The van der Waals surface area contributed by atoms with E-state index in [2.05, 4.69) is 45.7 Å². The SMILES string of the molecule is CCn1ccnc1[C@@H]1CCCCN1C(=O)CCn1c(-c2ccc(C)cc2)n[nH]c1=S. The monoisotopic (exact) mass is 424 g/mol. The van der Waals surface area contributed by atoms with Crippen LogP contribution in [0.1, 0.15) is 50.0 Å². The van der Waals surface area contributed by atoms with Crippen molar-refractivity contribution in [1.29, 1.82) is 0 Å². The summed E-state index contributed by atoms with van der Waals surface area (Å²) in [6, 6.07) is 8.22. The fourth-order valence-corrected chi connectivity index (χ4v) is 4.41. The van der Waals surface area contributed by atoms with Gasteiger partial charge in [-0.15, -0.1) is 0 Å². The Labute approximate surface area is 181 Å². The highest BCUT2D eigenvalue weighted by Crippen LogP contribution is 2.30. The van der Waals surface area contributed by atoms with Crippen LogP contribution >= 0.6 is 12.2 Å². The molecule has 0 radical (unpaired) electrons. The Balaban J connectivity index is 1.51. The summed E-state index contributed by atoms with van der Waals surface area (Å²) in [6.45, 7) is 6.30. The van der Waals surface area contributed by atoms with Crippen LogP contribution < -0.4 is 0 Å². The Bertz CT molecular complexity index is 1060. The number of hydrogen-bond acceptors (Lipinski definition) is 4. The third-order valence-corrected chi connectivity index (χ3v) is 6.14. The maximum atomic E-state index is 13.2. The summed E-state index contributed by atoms with van der Waals surface area (Å²) in [5, 5.41) is 7.27. The van der Waals surface area contributed by atoms with E-state index < -0.39 is 0 Å². The van der Waals surface area contributed by atoms with Crippen LogP contribution in [-0.2, 0) is 17.9 Å². The van der Waals surface area contributed by atoms with Gasteiger partial charge in [-0.3, -0.25) is 14.5 Å². The second kappa shape index (κ2) is 8.95. The number of aromatic amines is 1. The van der Waals surface area contributed by atoms with E-state index in [0.717, 1.165) is 49.6 Å². The van der Waals surface area contributed by atoms with Crippen LogP contribution in [0.2, 0.25) is 0 Å². The maximum absolute atomic E-state index is 13.2. The summed E-state index contributed by atoms with van der Waals surface area (Å²) in [6.07, 6.45) is 7.32. The first-order valence-corrected chi connectivity index (χ1v) is 11.0. The Morgan fingerprint density at radius 3 is 2.83 bits per heavy atom. The first kappa shape index (κ1) is 20.5. The minimum Gasteiger partial charge on any atom is -0.333 e. The van der Waals surface area contributed by atoms with Gasteiger partial charge in [-0.1, -0.05) is 29.8 Å². The Morgan fingerprint density at radius 2 is 2.07 bits per heavy atom. The van der Waals surface area contributed by atoms with E-state index >= 15 is 0 Å². The molecule has 1 saturated heterocycles. The summed E-state index contributed by atoms with van der Waals surface area (Å²) in [7, 11) is 0. The van der Waals surface area contributed by atoms with Gasteiger partial charge in [-0.2, -0.15) is 5.10 Å². The van der Waals surface area contributed by atoms with E-state index in [1.54, 1.807) is 0 Å². The zero-order valence-corrected chi connectivity index (χ0v) is 18.4. The average Bonchev–Trinajstić information content (AvgIpc) is 3.39. The number of rotatable bonds is 6. The molecule has 7 nitrogen and oxygen atoms in total. The molecule has 0 saturated carbocycles. The van der Waals surface area contributed by atoms with Gasteiger partial charge in [-0.25, -0.2) is 4.98 Å². The number of likely N-dealkylation sites (tertiary alicyclic amines) is 1. The molecule has 8 heteroatoms. The molecule has 4 rings (SSSR count). The molecule has 1 atom stereocenters. The summed E-state index contributed by atoms with van der Waals surface area (Å²) in [4.78, 5) is 19.8. The molecule has 1 aromatic carbocycles. The molecule has 30 heavy (non-hydrogen) atoms. The van der Waals surface area contributed by atoms with Crippen molar-refractivity contribution in [2.24, 2.45) is 0 Å². The molecule has 0 bridgehead atoms. The number of H-pyrrole nitrogens is 1. The highest BCUT2D eigenvalue weighted by Gasteiger charge is 2.30. The van der Waals surface area contributed by atoms with E-state index in [9.17, 15) is 4.79 Å². The number of benzene rings is 1. The molecule has 1 amide bonds. The molecule has 1 aliphatic rings. The number of amides is 1. The second-order valence-electron chi connectivity index (χ2n) is 7.79. The lowest BCUT2D eigenvalue weighted by Gasteiger charge is -2.35. The van der Waals surface area contributed by atoms with Gasteiger partial charge in [0.25, 0.3) is 0 Å². The largest absolute Gasteiger partial charge is 0.333 e. The molecule has 0 spiro atoms. The highest BCUT2D eigenvalue weighted by atomic mass is 32.1. The molecule has 3 aromatic rings. The van der Waals surface area contributed by atoms with Gasteiger partial charge in [-0.05, 0) is 45.3 Å².